The number of benzene rings is 1. The van der Waals surface area contributed by atoms with Crippen LogP contribution >= 0.6 is 0 Å². The number of carbonyl (C=O) groups is 3. The first-order valence-electron chi connectivity index (χ1n) is 15.5. The molecular weight excluding hydrogens is 552 g/mol. The standard InChI is InChI=1S/C32H44N4O7/c1-6-10-20-25-17-36(26(20)30(38)39)29(37)27(32(2,3)4)35-31(40)43-24-15-18(24)11-8-7-9-12-22-28(42-25)34-23-16-19(41-5)13-14-21(23)33-22/h13-14,16,18,20,24-27H,6-12,15,17H2,1-5H3,(H,35,40)(H,38,39)/t18?,20-,24-,25+,26+,27-/m1/s1. The first-order chi connectivity index (χ1) is 20.5. The number of methoxy groups -OCH3 is 1. The van der Waals surface area contributed by atoms with Gasteiger partial charge in [-0.25, -0.2) is 19.6 Å². The number of carboxylic acids is 1. The van der Waals surface area contributed by atoms with E-state index in [4.69, 9.17) is 24.2 Å². The second-order valence-electron chi connectivity index (χ2n) is 13.2. The van der Waals surface area contributed by atoms with Crippen LogP contribution < -0.4 is 14.8 Å². The van der Waals surface area contributed by atoms with E-state index in [0.29, 0.717) is 42.3 Å². The van der Waals surface area contributed by atoms with Crippen molar-refractivity contribution in [1.82, 2.24) is 20.2 Å². The second-order valence-corrected chi connectivity index (χ2v) is 13.2. The van der Waals surface area contributed by atoms with Crippen molar-refractivity contribution in [2.45, 2.75) is 103 Å². The molecule has 1 aliphatic carbocycles. The Morgan fingerprint density at radius 1 is 1.12 bits per heavy atom. The number of aromatic nitrogens is 2. The Bertz CT molecular complexity index is 1360. The summed E-state index contributed by atoms with van der Waals surface area (Å²) in [4.78, 5) is 50.9. The summed E-state index contributed by atoms with van der Waals surface area (Å²) in [6.45, 7) is 7.56. The normalized spacial score (nSPS) is 28.4. The van der Waals surface area contributed by atoms with Gasteiger partial charge in [-0.15, -0.1) is 0 Å². The summed E-state index contributed by atoms with van der Waals surface area (Å²) >= 11 is 0. The van der Waals surface area contributed by atoms with Crippen molar-refractivity contribution in [1.29, 1.82) is 0 Å². The molecule has 0 spiro atoms. The Labute approximate surface area is 252 Å². The van der Waals surface area contributed by atoms with E-state index in [9.17, 15) is 19.5 Å². The predicted molar refractivity (Wildman–Crippen MR) is 159 cm³/mol. The fraction of sp³-hybridized carbons (Fsp3) is 0.656. The van der Waals surface area contributed by atoms with Gasteiger partial charge in [-0.3, -0.25) is 4.79 Å². The lowest BCUT2D eigenvalue weighted by Gasteiger charge is -2.35. The minimum absolute atomic E-state index is 0.0474. The summed E-state index contributed by atoms with van der Waals surface area (Å²) in [5.74, 6) is -0.728. The average Bonchev–Trinajstić information content (AvgIpc) is 3.58. The maximum Gasteiger partial charge on any atom is 0.408 e. The summed E-state index contributed by atoms with van der Waals surface area (Å²) in [6, 6.07) is 3.42. The minimum atomic E-state index is -1.12. The van der Waals surface area contributed by atoms with E-state index in [-0.39, 0.29) is 12.6 Å². The van der Waals surface area contributed by atoms with Crippen molar-refractivity contribution >= 4 is 29.0 Å². The number of ether oxygens (including phenoxy) is 3. The first kappa shape index (κ1) is 30.8. The summed E-state index contributed by atoms with van der Waals surface area (Å²) in [5.41, 5.74) is 1.36. The van der Waals surface area contributed by atoms with Crippen LogP contribution in [0.15, 0.2) is 18.2 Å². The van der Waals surface area contributed by atoms with Crippen LogP contribution in [-0.4, -0.2) is 75.9 Å². The van der Waals surface area contributed by atoms with Gasteiger partial charge in [-0.1, -0.05) is 47.0 Å². The van der Waals surface area contributed by atoms with Gasteiger partial charge in [0.1, 0.15) is 35.7 Å². The van der Waals surface area contributed by atoms with E-state index in [2.05, 4.69) is 5.32 Å². The fourth-order valence-corrected chi connectivity index (χ4v) is 6.45. The quantitative estimate of drug-likeness (QED) is 0.512. The Hall–Kier alpha value is -3.63. The zero-order valence-electron chi connectivity index (χ0n) is 25.8. The Morgan fingerprint density at radius 2 is 1.91 bits per heavy atom. The summed E-state index contributed by atoms with van der Waals surface area (Å²) in [5, 5.41) is 13.2. The molecule has 2 aliphatic heterocycles. The SMILES string of the molecule is CCC[C@@H]1[C@@H]2CN(C(=O)[C@H](C(C)(C)C)NC(=O)O[C@@H]3CC3CCCCCc3nc4ccc(OC)cc4nc3O2)[C@@H]1C(=O)O. The van der Waals surface area contributed by atoms with Crippen molar-refractivity contribution < 1.29 is 33.7 Å². The third-order valence-corrected chi connectivity index (χ3v) is 8.90. The van der Waals surface area contributed by atoms with E-state index < -0.39 is 47.5 Å². The molecular formula is C32H44N4O7. The molecule has 2 bridgehead atoms. The summed E-state index contributed by atoms with van der Waals surface area (Å²) < 4.78 is 17.7. The minimum Gasteiger partial charge on any atom is -0.497 e. The van der Waals surface area contributed by atoms with Gasteiger partial charge in [-0.2, -0.15) is 0 Å². The van der Waals surface area contributed by atoms with Gasteiger partial charge in [0.25, 0.3) is 0 Å². The zero-order valence-corrected chi connectivity index (χ0v) is 25.8. The molecule has 2 fully saturated rings. The molecule has 0 radical (unpaired) electrons. The predicted octanol–water partition coefficient (Wildman–Crippen LogP) is 4.74. The maximum absolute atomic E-state index is 14.1. The number of hydrogen-bond donors (Lipinski definition) is 2. The third-order valence-electron chi connectivity index (χ3n) is 8.90. The molecule has 6 atom stereocenters. The number of aliphatic carboxylic acids is 1. The molecule has 43 heavy (non-hydrogen) atoms. The number of fused-ring (bicyclic) bond motifs is 5. The molecule has 2 N–H and O–H groups in total. The van der Waals surface area contributed by atoms with Crippen LogP contribution in [0, 0.1) is 17.3 Å². The molecule has 1 saturated heterocycles. The molecule has 3 heterocycles. The number of hydrogen-bond acceptors (Lipinski definition) is 8. The Morgan fingerprint density at radius 3 is 2.60 bits per heavy atom. The van der Waals surface area contributed by atoms with Crippen molar-refractivity contribution in [2.24, 2.45) is 17.3 Å². The number of carbonyl (C=O) groups excluding carboxylic acids is 2. The van der Waals surface area contributed by atoms with Gasteiger partial charge in [0.2, 0.25) is 11.8 Å². The molecule has 1 aromatic carbocycles. The van der Waals surface area contributed by atoms with E-state index in [1.807, 2.05) is 39.8 Å². The maximum atomic E-state index is 14.1. The molecule has 11 nitrogen and oxygen atoms in total. The highest BCUT2D eigenvalue weighted by molar-refractivity contribution is 5.90. The smallest absolute Gasteiger partial charge is 0.408 e. The number of nitrogens with one attached hydrogen (secondary N) is 1. The van der Waals surface area contributed by atoms with Crippen molar-refractivity contribution in [3.8, 4) is 11.6 Å². The highest BCUT2D eigenvalue weighted by Crippen LogP contribution is 2.39. The fourth-order valence-electron chi connectivity index (χ4n) is 6.45. The Kier molecular flexibility index (Phi) is 8.99. The molecule has 2 aromatic rings. The molecule has 234 valence electrons. The molecule has 11 heteroatoms. The van der Waals surface area contributed by atoms with Crippen molar-refractivity contribution in [2.75, 3.05) is 13.7 Å². The highest BCUT2D eigenvalue weighted by Gasteiger charge is 2.52. The van der Waals surface area contributed by atoms with Crippen molar-refractivity contribution in [3.05, 3.63) is 23.9 Å². The van der Waals surface area contributed by atoms with Crippen molar-refractivity contribution in [3.63, 3.8) is 0 Å². The van der Waals surface area contributed by atoms with Crippen LogP contribution in [0.2, 0.25) is 0 Å². The van der Waals surface area contributed by atoms with Gasteiger partial charge in [0.05, 0.1) is 24.7 Å². The number of nitrogens with zero attached hydrogens (tertiary/aromatic N) is 3. The Balaban J connectivity index is 1.55. The van der Waals surface area contributed by atoms with Gasteiger partial charge in [0.15, 0.2) is 0 Å². The average molecular weight is 597 g/mol. The lowest BCUT2D eigenvalue weighted by Crippen LogP contribution is -2.57. The van der Waals surface area contributed by atoms with E-state index in [1.165, 1.54) is 4.90 Å². The molecule has 2 amide bonds. The van der Waals surface area contributed by atoms with Crippen LogP contribution in [0.3, 0.4) is 0 Å². The summed E-state index contributed by atoms with van der Waals surface area (Å²) in [6.07, 6.45) is 5.10. The van der Waals surface area contributed by atoms with Crippen LogP contribution in [0.4, 0.5) is 4.79 Å². The van der Waals surface area contributed by atoms with Gasteiger partial charge >= 0.3 is 12.1 Å². The number of carboxylic acid groups (broad SMARTS) is 1. The lowest BCUT2D eigenvalue weighted by molar-refractivity contribution is -0.151. The number of alkyl carbamates (subject to hydrolysis) is 1. The van der Waals surface area contributed by atoms with Crippen LogP contribution in [-0.2, 0) is 20.7 Å². The van der Waals surface area contributed by atoms with Crippen LogP contribution in [0.25, 0.3) is 11.0 Å². The highest BCUT2D eigenvalue weighted by atomic mass is 16.6. The molecule has 1 saturated carbocycles. The van der Waals surface area contributed by atoms with Gasteiger partial charge < -0.3 is 29.5 Å². The topological polar surface area (TPSA) is 140 Å². The van der Waals surface area contributed by atoms with Crippen LogP contribution in [0.1, 0.15) is 78.3 Å². The largest absolute Gasteiger partial charge is 0.497 e. The van der Waals surface area contributed by atoms with E-state index >= 15 is 0 Å². The summed E-state index contributed by atoms with van der Waals surface area (Å²) in [7, 11) is 1.59. The second kappa shape index (κ2) is 12.5. The van der Waals surface area contributed by atoms with E-state index in [1.54, 1.807) is 13.2 Å². The third kappa shape index (κ3) is 6.80. The molecule has 1 unspecified atom stereocenters. The lowest BCUT2D eigenvalue weighted by atomic mass is 9.85. The van der Waals surface area contributed by atoms with Gasteiger partial charge in [-0.05, 0) is 55.6 Å². The number of aryl methyl sites for hydroxylation is 1. The molecule has 1 aromatic heterocycles. The first-order valence-corrected chi connectivity index (χ1v) is 15.5. The number of amides is 2. The molecule has 3 aliphatic rings. The van der Waals surface area contributed by atoms with E-state index in [0.717, 1.165) is 43.3 Å². The monoisotopic (exact) mass is 596 g/mol. The zero-order chi connectivity index (χ0) is 30.9. The number of rotatable bonds is 4. The molecule has 5 rings (SSSR count). The van der Waals surface area contributed by atoms with Gasteiger partial charge in [0, 0.05) is 12.0 Å². The van der Waals surface area contributed by atoms with Crippen LogP contribution in [0.5, 0.6) is 11.6 Å².